The molecule has 0 fully saturated rings. The zero-order valence-electron chi connectivity index (χ0n) is 7.59. The minimum atomic E-state index is 0.219. The second kappa shape index (κ2) is 6.54. The van der Waals surface area contributed by atoms with Crippen LogP contribution in [0.1, 0.15) is 0 Å². The Balaban J connectivity index is 3.44. The third-order valence-electron chi connectivity index (χ3n) is 1.67. The van der Waals surface area contributed by atoms with Crippen LogP contribution in [-0.2, 0) is 0 Å². The van der Waals surface area contributed by atoms with Crippen molar-refractivity contribution >= 4 is 0 Å². The first-order valence-corrected chi connectivity index (χ1v) is 3.88. The van der Waals surface area contributed by atoms with Crippen molar-refractivity contribution in [2.24, 2.45) is 0 Å². The van der Waals surface area contributed by atoms with Gasteiger partial charge >= 0.3 is 0 Å². The first kappa shape index (κ1) is 10.8. The van der Waals surface area contributed by atoms with Crippen molar-refractivity contribution in [2.45, 2.75) is 6.17 Å². The average molecular weight is 161 g/mol. The Kier molecular flexibility index (Phi) is 6.45. The van der Waals surface area contributed by atoms with E-state index >= 15 is 0 Å². The molecule has 4 heteroatoms. The number of nitrogens with one attached hydrogen (secondary N) is 2. The normalized spacial score (nSPS) is 11.5. The van der Waals surface area contributed by atoms with Crippen molar-refractivity contribution in [2.75, 3.05) is 40.8 Å². The summed E-state index contributed by atoms with van der Waals surface area (Å²) >= 11 is 0. The first-order valence-electron chi connectivity index (χ1n) is 3.88. The molecule has 3 N–H and O–H groups in total. The summed E-state index contributed by atoms with van der Waals surface area (Å²) in [5, 5.41) is 14.8. The number of hydrogen-bond donors (Lipinski definition) is 3. The molecule has 0 aliphatic carbocycles. The largest absolute Gasteiger partial charge is 0.395 e. The van der Waals surface area contributed by atoms with Gasteiger partial charge in [-0.2, -0.15) is 0 Å². The van der Waals surface area contributed by atoms with Crippen molar-refractivity contribution in [3.8, 4) is 0 Å². The van der Waals surface area contributed by atoms with E-state index in [-0.39, 0.29) is 6.61 Å². The molecule has 0 saturated heterocycles. The van der Waals surface area contributed by atoms with Gasteiger partial charge in [0.05, 0.1) is 12.8 Å². The second-order valence-corrected chi connectivity index (χ2v) is 2.62. The number of aliphatic hydroxyl groups is 1. The monoisotopic (exact) mass is 161 g/mol. The van der Waals surface area contributed by atoms with Crippen LogP contribution in [0.4, 0.5) is 0 Å². The third-order valence-corrected chi connectivity index (χ3v) is 1.67. The van der Waals surface area contributed by atoms with Gasteiger partial charge in [0.25, 0.3) is 0 Å². The Morgan fingerprint density at radius 1 is 1.36 bits per heavy atom. The lowest BCUT2D eigenvalue weighted by Crippen LogP contribution is -2.46. The van der Waals surface area contributed by atoms with Crippen LogP contribution >= 0.6 is 0 Å². The van der Waals surface area contributed by atoms with Crippen LogP contribution in [0.25, 0.3) is 0 Å². The fourth-order valence-electron chi connectivity index (χ4n) is 0.901. The number of rotatable bonds is 6. The fraction of sp³-hybridized carbons (Fsp3) is 1.00. The average Bonchev–Trinajstić information content (AvgIpc) is 2.01. The Bertz CT molecular complexity index is 85.8. The predicted octanol–water partition coefficient (Wildman–Crippen LogP) is -1.32. The molecular formula is C7H19N3O. The van der Waals surface area contributed by atoms with E-state index in [9.17, 15) is 0 Å². The summed E-state index contributed by atoms with van der Waals surface area (Å²) in [5.41, 5.74) is 0. The van der Waals surface area contributed by atoms with E-state index in [0.717, 1.165) is 13.1 Å². The van der Waals surface area contributed by atoms with Crippen molar-refractivity contribution in [3.63, 3.8) is 0 Å². The lowest BCUT2D eigenvalue weighted by atomic mass is 10.4. The Labute approximate surface area is 68.6 Å². The molecule has 0 radical (unpaired) electrons. The van der Waals surface area contributed by atoms with E-state index in [2.05, 4.69) is 15.5 Å². The molecule has 11 heavy (non-hydrogen) atoms. The minimum absolute atomic E-state index is 0.219. The predicted molar refractivity (Wildman–Crippen MR) is 46.5 cm³/mol. The molecule has 0 bridgehead atoms. The summed E-state index contributed by atoms with van der Waals surface area (Å²) in [6, 6.07) is 0. The van der Waals surface area contributed by atoms with Crippen molar-refractivity contribution in [3.05, 3.63) is 0 Å². The summed E-state index contributed by atoms with van der Waals surface area (Å²) in [7, 11) is 5.81. The molecule has 0 aromatic carbocycles. The first-order chi connectivity index (χ1) is 5.24. The molecule has 0 saturated carbocycles. The van der Waals surface area contributed by atoms with Gasteiger partial charge in [-0.3, -0.25) is 0 Å². The highest BCUT2D eigenvalue weighted by atomic mass is 16.3. The van der Waals surface area contributed by atoms with Gasteiger partial charge in [-0.05, 0) is 21.1 Å². The highest BCUT2D eigenvalue weighted by molar-refractivity contribution is 4.63. The second-order valence-electron chi connectivity index (χ2n) is 2.62. The maximum atomic E-state index is 8.61. The SMILES string of the molecule is CNC(CN(C)CCO)NC. The molecule has 0 aliphatic rings. The van der Waals surface area contributed by atoms with Crippen LogP contribution < -0.4 is 10.6 Å². The van der Waals surface area contributed by atoms with Gasteiger partial charge < -0.3 is 20.6 Å². The molecule has 4 nitrogen and oxygen atoms in total. The zero-order chi connectivity index (χ0) is 8.69. The molecule has 0 atom stereocenters. The van der Waals surface area contributed by atoms with E-state index < -0.39 is 0 Å². The Morgan fingerprint density at radius 3 is 2.27 bits per heavy atom. The van der Waals surface area contributed by atoms with Crippen LogP contribution in [0.5, 0.6) is 0 Å². The summed E-state index contributed by atoms with van der Waals surface area (Å²) in [6.07, 6.45) is 0.298. The zero-order valence-corrected chi connectivity index (χ0v) is 7.59. The number of aliphatic hydroxyl groups excluding tert-OH is 1. The fourth-order valence-corrected chi connectivity index (χ4v) is 0.901. The number of likely N-dealkylation sites (N-methyl/N-ethyl adjacent to an activating group) is 3. The minimum Gasteiger partial charge on any atom is -0.395 e. The van der Waals surface area contributed by atoms with Crippen molar-refractivity contribution in [1.82, 2.24) is 15.5 Å². The van der Waals surface area contributed by atoms with E-state index in [1.165, 1.54) is 0 Å². The van der Waals surface area contributed by atoms with Crippen LogP contribution in [-0.4, -0.2) is 57.0 Å². The lowest BCUT2D eigenvalue weighted by molar-refractivity contribution is 0.204. The molecule has 68 valence electrons. The maximum absolute atomic E-state index is 8.61. The van der Waals surface area contributed by atoms with Gasteiger partial charge in [-0.25, -0.2) is 0 Å². The van der Waals surface area contributed by atoms with Crippen molar-refractivity contribution in [1.29, 1.82) is 0 Å². The number of nitrogens with zero attached hydrogens (tertiary/aromatic N) is 1. The van der Waals surface area contributed by atoms with Crippen LogP contribution in [0.15, 0.2) is 0 Å². The summed E-state index contributed by atoms with van der Waals surface area (Å²) in [5.74, 6) is 0. The van der Waals surface area contributed by atoms with Gasteiger partial charge in [0.15, 0.2) is 0 Å². The highest BCUT2D eigenvalue weighted by Gasteiger charge is 2.04. The molecule has 0 aliphatic heterocycles. The summed E-state index contributed by atoms with van der Waals surface area (Å²) < 4.78 is 0. The lowest BCUT2D eigenvalue weighted by Gasteiger charge is -2.22. The molecule has 0 spiro atoms. The van der Waals surface area contributed by atoms with Crippen LogP contribution in [0.3, 0.4) is 0 Å². The van der Waals surface area contributed by atoms with Crippen LogP contribution in [0.2, 0.25) is 0 Å². The van der Waals surface area contributed by atoms with Gasteiger partial charge in [0.2, 0.25) is 0 Å². The topological polar surface area (TPSA) is 47.5 Å². The van der Waals surface area contributed by atoms with Gasteiger partial charge in [-0.1, -0.05) is 0 Å². The van der Waals surface area contributed by atoms with Crippen LogP contribution in [0, 0.1) is 0 Å². The van der Waals surface area contributed by atoms with Gasteiger partial charge in [-0.15, -0.1) is 0 Å². The summed E-state index contributed by atoms with van der Waals surface area (Å²) in [6.45, 7) is 1.84. The highest BCUT2D eigenvalue weighted by Crippen LogP contribution is 1.83. The quantitative estimate of drug-likeness (QED) is 0.423. The molecule has 0 rings (SSSR count). The Morgan fingerprint density at radius 2 is 1.91 bits per heavy atom. The maximum Gasteiger partial charge on any atom is 0.0698 e. The van der Waals surface area contributed by atoms with E-state index in [0.29, 0.717) is 6.17 Å². The van der Waals surface area contributed by atoms with Gasteiger partial charge in [0.1, 0.15) is 0 Å². The van der Waals surface area contributed by atoms with E-state index in [1.807, 2.05) is 21.1 Å². The standard InChI is InChI=1S/C7H19N3O/c1-8-7(9-2)6-10(3)4-5-11/h7-9,11H,4-6H2,1-3H3. The van der Waals surface area contributed by atoms with Crippen molar-refractivity contribution < 1.29 is 5.11 Å². The Hall–Kier alpha value is -0.160. The summed E-state index contributed by atoms with van der Waals surface area (Å²) in [4.78, 5) is 2.07. The van der Waals surface area contributed by atoms with E-state index in [1.54, 1.807) is 0 Å². The third kappa shape index (κ3) is 5.15. The molecule has 0 aromatic rings. The molecule has 0 heterocycles. The van der Waals surface area contributed by atoms with Gasteiger partial charge in [0, 0.05) is 13.1 Å². The number of hydrogen-bond acceptors (Lipinski definition) is 4. The molecular weight excluding hydrogens is 142 g/mol. The molecule has 0 aromatic heterocycles. The van der Waals surface area contributed by atoms with E-state index in [4.69, 9.17) is 5.11 Å². The molecule has 0 unspecified atom stereocenters. The molecule has 0 amide bonds. The smallest absolute Gasteiger partial charge is 0.0698 e.